The summed E-state index contributed by atoms with van der Waals surface area (Å²) in [6.45, 7) is 6.40. The molecule has 2 aromatic heterocycles. The Labute approximate surface area is 177 Å². The van der Waals surface area contributed by atoms with Crippen LogP contribution in [-0.4, -0.2) is 45.8 Å². The smallest absolute Gasteiger partial charge is 0.354 e. The van der Waals surface area contributed by atoms with E-state index < -0.39 is 5.97 Å². The van der Waals surface area contributed by atoms with Crippen LogP contribution in [0.2, 0.25) is 0 Å². The number of Topliss-reactive ketones (excluding diaryl/α,β-unsaturated/α-hetero) is 1. The molecule has 0 N–H and O–H groups in total. The Bertz CT molecular complexity index is 945. The summed E-state index contributed by atoms with van der Waals surface area (Å²) in [5.74, 6) is -0.614. The van der Waals surface area contributed by atoms with Crippen LogP contribution in [0.5, 0.6) is 0 Å². The van der Waals surface area contributed by atoms with Crippen LogP contribution in [0.15, 0.2) is 24.5 Å². The summed E-state index contributed by atoms with van der Waals surface area (Å²) in [6, 6.07) is 3.70. The lowest BCUT2D eigenvalue weighted by Crippen LogP contribution is -2.41. The Morgan fingerprint density at radius 3 is 2.40 bits per heavy atom. The zero-order valence-corrected chi connectivity index (χ0v) is 18.1. The average molecular weight is 412 g/mol. The maximum absolute atomic E-state index is 13.3. The average Bonchev–Trinajstić information content (AvgIpc) is 2.95. The van der Waals surface area contributed by atoms with Crippen molar-refractivity contribution in [3.63, 3.8) is 0 Å². The molecule has 0 saturated heterocycles. The fourth-order valence-corrected chi connectivity index (χ4v) is 4.15. The Balaban J connectivity index is 1.91. The van der Waals surface area contributed by atoms with Gasteiger partial charge in [0, 0.05) is 42.7 Å². The fraction of sp³-hybridized carbons (Fsp3) is 0.478. The Morgan fingerprint density at radius 1 is 1.20 bits per heavy atom. The van der Waals surface area contributed by atoms with Crippen molar-refractivity contribution in [3.8, 4) is 0 Å². The van der Waals surface area contributed by atoms with Crippen LogP contribution < -0.4 is 0 Å². The largest absolute Gasteiger partial charge is 0.464 e. The van der Waals surface area contributed by atoms with Gasteiger partial charge in [0.25, 0.3) is 0 Å². The molecule has 2 heterocycles. The normalized spacial score (nSPS) is 13.6. The number of nitrogens with zero attached hydrogens (tertiary/aromatic N) is 3. The lowest BCUT2D eigenvalue weighted by atomic mass is 9.84. The van der Waals surface area contributed by atoms with Gasteiger partial charge in [-0.05, 0) is 56.9 Å². The third-order valence-corrected chi connectivity index (χ3v) is 5.96. The van der Waals surface area contributed by atoms with E-state index in [2.05, 4.69) is 4.98 Å². The molecule has 1 fully saturated rings. The first-order valence-electron chi connectivity index (χ1n) is 10.4. The van der Waals surface area contributed by atoms with Gasteiger partial charge in [-0.2, -0.15) is 0 Å². The van der Waals surface area contributed by atoms with Crippen molar-refractivity contribution in [1.29, 1.82) is 0 Å². The predicted octanol–water partition coefficient (Wildman–Crippen LogP) is 3.32. The molecule has 1 saturated carbocycles. The minimum Gasteiger partial charge on any atom is -0.464 e. The van der Waals surface area contributed by atoms with Crippen LogP contribution in [0, 0.1) is 19.8 Å². The van der Waals surface area contributed by atoms with E-state index in [-0.39, 0.29) is 24.2 Å². The highest BCUT2D eigenvalue weighted by molar-refractivity contribution is 6.04. The molecule has 1 aliphatic carbocycles. The number of pyridine rings is 1. The number of aromatic nitrogens is 2. The zero-order chi connectivity index (χ0) is 21.8. The molecule has 1 aliphatic rings. The summed E-state index contributed by atoms with van der Waals surface area (Å²) in [5.41, 5.74) is 3.15. The monoisotopic (exact) mass is 411 g/mol. The van der Waals surface area contributed by atoms with E-state index in [1.54, 1.807) is 28.8 Å². The van der Waals surface area contributed by atoms with E-state index in [0.717, 1.165) is 30.5 Å². The van der Waals surface area contributed by atoms with Crippen molar-refractivity contribution >= 4 is 17.7 Å². The van der Waals surface area contributed by atoms with Gasteiger partial charge in [-0.1, -0.05) is 6.42 Å². The quantitative estimate of drug-likeness (QED) is 0.492. The molecule has 0 atom stereocenters. The molecule has 0 radical (unpaired) electrons. The Morgan fingerprint density at radius 2 is 1.87 bits per heavy atom. The highest BCUT2D eigenvalue weighted by Gasteiger charge is 2.32. The van der Waals surface area contributed by atoms with Gasteiger partial charge in [-0.3, -0.25) is 14.6 Å². The first-order valence-corrected chi connectivity index (χ1v) is 10.4. The van der Waals surface area contributed by atoms with Gasteiger partial charge in [0.1, 0.15) is 5.69 Å². The number of carbonyl (C=O) groups is 3. The van der Waals surface area contributed by atoms with E-state index in [9.17, 15) is 14.4 Å². The molecule has 0 unspecified atom stereocenters. The second kappa shape index (κ2) is 9.24. The summed E-state index contributed by atoms with van der Waals surface area (Å²) in [7, 11) is 1.33. The molecule has 0 spiro atoms. The van der Waals surface area contributed by atoms with Crippen LogP contribution in [-0.2, 0) is 22.6 Å². The number of methoxy groups -OCH3 is 1. The summed E-state index contributed by atoms with van der Waals surface area (Å²) in [5, 5.41) is 0. The first kappa shape index (κ1) is 21.7. The van der Waals surface area contributed by atoms with Crippen LogP contribution in [0.4, 0.5) is 0 Å². The lowest BCUT2D eigenvalue weighted by Gasteiger charge is -2.31. The van der Waals surface area contributed by atoms with E-state index in [4.69, 9.17) is 4.74 Å². The summed E-state index contributed by atoms with van der Waals surface area (Å²) in [6.07, 6.45) is 6.16. The van der Waals surface area contributed by atoms with E-state index in [1.165, 1.54) is 7.11 Å². The van der Waals surface area contributed by atoms with Crippen LogP contribution in [0.25, 0.3) is 0 Å². The molecular weight excluding hydrogens is 382 g/mol. The number of rotatable bonds is 8. The molecule has 0 aliphatic heterocycles. The second-order valence-corrected chi connectivity index (χ2v) is 7.77. The molecular formula is C23H29N3O4. The van der Waals surface area contributed by atoms with Crippen molar-refractivity contribution in [2.45, 2.75) is 53.1 Å². The Kier molecular flexibility index (Phi) is 6.70. The minimum absolute atomic E-state index is 0.00676. The third-order valence-electron chi connectivity index (χ3n) is 5.96. The van der Waals surface area contributed by atoms with E-state index in [0.29, 0.717) is 29.9 Å². The minimum atomic E-state index is -0.462. The van der Waals surface area contributed by atoms with Crippen LogP contribution in [0.3, 0.4) is 0 Å². The summed E-state index contributed by atoms with van der Waals surface area (Å²) < 4.78 is 6.72. The van der Waals surface area contributed by atoms with Crippen molar-refractivity contribution in [3.05, 3.63) is 52.6 Å². The number of carbonyl (C=O) groups excluding carboxylic acids is 3. The topological polar surface area (TPSA) is 81.5 Å². The number of hydrogen-bond acceptors (Lipinski definition) is 5. The van der Waals surface area contributed by atoms with Crippen LogP contribution >= 0.6 is 0 Å². The van der Waals surface area contributed by atoms with Gasteiger partial charge in [0.2, 0.25) is 5.91 Å². The number of amides is 1. The molecule has 3 rings (SSSR count). The van der Waals surface area contributed by atoms with Gasteiger partial charge < -0.3 is 14.2 Å². The molecule has 0 bridgehead atoms. The molecule has 30 heavy (non-hydrogen) atoms. The maximum atomic E-state index is 13.3. The van der Waals surface area contributed by atoms with Crippen molar-refractivity contribution in [2.75, 3.05) is 13.7 Å². The van der Waals surface area contributed by atoms with E-state index in [1.807, 2.05) is 26.0 Å². The van der Waals surface area contributed by atoms with Crippen molar-refractivity contribution in [2.24, 2.45) is 5.92 Å². The molecule has 160 valence electrons. The third kappa shape index (κ3) is 4.15. The molecule has 7 nitrogen and oxygen atoms in total. The number of ether oxygens (including phenoxy) is 1. The first-order chi connectivity index (χ1) is 14.4. The Hall–Kier alpha value is -2.96. The number of ketones is 1. The molecule has 2 aromatic rings. The SMILES string of the molecule is CCn1c(C)c(C(=O)CN(Cc2ccncc2)C(=O)C2CCC2)c(C)c1C(=O)OC. The number of hydrogen-bond donors (Lipinski definition) is 0. The van der Waals surface area contributed by atoms with Gasteiger partial charge in [-0.15, -0.1) is 0 Å². The van der Waals surface area contributed by atoms with Gasteiger partial charge >= 0.3 is 5.97 Å². The standard InChI is InChI=1S/C23H29N3O4/c1-5-26-16(3)20(15(2)21(26)23(29)30-4)19(27)14-25(22(28)18-7-6-8-18)13-17-9-11-24-12-10-17/h9-12,18H,5-8,13-14H2,1-4H3. The highest BCUT2D eigenvalue weighted by atomic mass is 16.5. The second-order valence-electron chi connectivity index (χ2n) is 7.77. The van der Waals surface area contributed by atoms with Crippen molar-refractivity contribution in [1.82, 2.24) is 14.5 Å². The number of esters is 1. The highest BCUT2D eigenvalue weighted by Crippen LogP contribution is 2.29. The summed E-state index contributed by atoms with van der Waals surface area (Å²) in [4.78, 5) is 44.3. The summed E-state index contributed by atoms with van der Waals surface area (Å²) >= 11 is 0. The van der Waals surface area contributed by atoms with Gasteiger partial charge in [0.05, 0.1) is 13.7 Å². The van der Waals surface area contributed by atoms with Crippen molar-refractivity contribution < 1.29 is 19.1 Å². The van der Waals surface area contributed by atoms with Gasteiger partial charge in [-0.25, -0.2) is 4.79 Å². The lowest BCUT2D eigenvalue weighted by molar-refractivity contribution is -0.138. The van der Waals surface area contributed by atoms with Crippen LogP contribution in [0.1, 0.15) is 63.9 Å². The van der Waals surface area contributed by atoms with E-state index >= 15 is 0 Å². The fourth-order valence-electron chi connectivity index (χ4n) is 4.15. The maximum Gasteiger partial charge on any atom is 0.354 e. The molecule has 7 heteroatoms. The predicted molar refractivity (Wildman–Crippen MR) is 112 cm³/mol. The molecule has 1 amide bonds. The zero-order valence-electron chi connectivity index (χ0n) is 18.1. The van der Waals surface area contributed by atoms with Gasteiger partial charge in [0.15, 0.2) is 5.78 Å². The molecule has 0 aromatic carbocycles.